The number of aryl methyl sites for hydroxylation is 2. The average molecular weight is 321 g/mol. The van der Waals surface area contributed by atoms with Crippen LogP contribution in [0.1, 0.15) is 33.9 Å². The Morgan fingerprint density at radius 3 is 2.33 bits per heavy atom. The van der Waals surface area contributed by atoms with Crippen molar-refractivity contribution in [3.05, 3.63) is 76.0 Å². The number of nitrogens with one attached hydrogen (secondary N) is 1. The lowest BCUT2D eigenvalue weighted by Gasteiger charge is -2.15. The van der Waals surface area contributed by atoms with Crippen molar-refractivity contribution in [1.29, 1.82) is 0 Å². The van der Waals surface area contributed by atoms with Gasteiger partial charge >= 0.3 is 0 Å². The maximum atomic E-state index is 11.9. The molecule has 1 heterocycles. The molecule has 5 nitrogen and oxygen atoms in total. The van der Waals surface area contributed by atoms with Crippen LogP contribution in [0.15, 0.2) is 48.2 Å². The van der Waals surface area contributed by atoms with Gasteiger partial charge in [0.1, 0.15) is 6.10 Å². The fourth-order valence-electron chi connectivity index (χ4n) is 3.41. The summed E-state index contributed by atoms with van der Waals surface area (Å²) in [7, 11) is 0. The second-order valence-corrected chi connectivity index (χ2v) is 6.02. The topological polar surface area (TPSA) is 86.6 Å². The van der Waals surface area contributed by atoms with Gasteiger partial charge in [0.05, 0.1) is 5.57 Å². The molecule has 1 unspecified atom stereocenters. The average Bonchev–Trinajstić information content (AvgIpc) is 2.76. The molecule has 24 heavy (non-hydrogen) atoms. The molecule has 120 valence electrons. The fourth-order valence-corrected chi connectivity index (χ4v) is 3.41. The van der Waals surface area contributed by atoms with Gasteiger partial charge in [-0.15, -0.1) is 0 Å². The van der Waals surface area contributed by atoms with Gasteiger partial charge in [-0.25, -0.2) is 0 Å². The highest BCUT2D eigenvalue weighted by molar-refractivity contribution is 6.35. The van der Waals surface area contributed by atoms with Crippen LogP contribution in [-0.4, -0.2) is 22.0 Å². The molecule has 0 radical (unpaired) electrons. The van der Waals surface area contributed by atoms with Gasteiger partial charge in [0, 0.05) is 0 Å². The predicted octanol–water partition coefficient (Wildman–Crippen LogP) is 1.79. The van der Waals surface area contributed by atoms with Crippen LogP contribution in [0.2, 0.25) is 0 Å². The Hall–Kier alpha value is -2.92. The normalized spacial score (nSPS) is 19.6. The first-order valence-corrected chi connectivity index (χ1v) is 7.74. The van der Waals surface area contributed by atoms with E-state index in [1.807, 2.05) is 30.3 Å². The minimum Gasteiger partial charge on any atom is -0.502 e. The van der Waals surface area contributed by atoms with Gasteiger partial charge in [0.25, 0.3) is 11.8 Å². The summed E-state index contributed by atoms with van der Waals surface area (Å²) in [4.78, 5) is 23.3. The van der Waals surface area contributed by atoms with Crippen molar-refractivity contribution < 1.29 is 19.8 Å². The number of hydrogen-bond donors (Lipinski definition) is 3. The molecular weight excluding hydrogens is 306 g/mol. The van der Waals surface area contributed by atoms with E-state index in [9.17, 15) is 19.8 Å². The molecule has 1 aliphatic heterocycles. The Kier molecular flexibility index (Phi) is 3.25. The van der Waals surface area contributed by atoms with Gasteiger partial charge in [-0.05, 0) is 46.7 Å². The van der Waals surface area contributed by atoms with Gasteiger partial charge in [-0.3, -0.25) is 14.9 Å². The third-order valence-corrected chi connectivity index (χ3v) is 4.65. The van der Waals surface area contributed by atoms with Crippen molar-refractivity contribution >= 4 is 17.4 Å². The van der Waals surface area contributed by atoms with Gasteiger partial charge in [0.2, 0.25) is 0 Å². The number of benzene rings is 2. The molecule has 2 aromatic rings. The smallest absolute Gasteiger partial charge is 0.293 e. The Balaban J connectivity index is 1.85. The van der Waals surface area contributed by atoms with Crippen LogP contribution in [0.4, 0.5) is 0 Å². The van der Waals surface area contributed by atoms with Crippen LogP contribution in [0.25, 0.3) is 5.57 Å². The number of amides is 2. The molecule has 0 bridgehead atoms. The van der Waals surface area contributed by atoms with Crippen molar-refractivity contribution in [2.24, 2.45) is 0 Å². The number of hydrogen-bond acceptors (Lipinski definition) is 4. The molecule has 1 atom stereocenters. The first-order valence-electron chi connectivity index (χ1n) is 7.74. The minimum atomic E-state index is -0.804. The van der Waals surface area contributed by atoms with Crippen LogP contribution >= 0.6 is 0 Å². The summed E-state index contributed by atoms with van der Waals surface area (Å²) in [6, 6.07) is 13.0. The number of aliphatic hydroxyl groups excluding tert-OH is 2. The molecule has 2 aromatic carbocycles. The van der Waals surface area contributed by atoms with Crippen LogP contribution in [0.3, 0.4) is 0 Å². The van der Waals surface area contributed by atoms with E-state index in [1.165, 1.54) is 0 Å². The van der Waals surface area contributed by atoms with E-state index in [0.717, 1.165) is 29.5 Å². The van der Waals surface area contributed by atoms with Gasteiger partial charge < -0.3 is 10.2 Å². The maximum Gasteiger partial charge on any atom is 0.293 e. The molecule has 2 aliphatic rings. The number of carbonyl (C=O) groups excluding carboxylic acids is 2. The first kappa shape index (κ1) is 14.7. The lowest BCUT2D eigenvalue weighted by Crippen LogP contribution is -2.23. The van der Waals surface area contributed by atoms with E-state index < -0.39 is 23.7 Å². The zero-order valence-electron chi connectivity index (χ0n) is 12.7. The van der Waals surface area contributed by atoms with Gasteiger partial charge in [-0.2, -0.15) is 0 Å². The van der Waals surface area contributed by atoms with Crippen LogP contribution in [-0.2, 0) is 22.4 Å². The van der Waals surface area contributed by atoms with Crippen LogP contribution in [0, 0.1) is 0 Å². The zero-order chi connectivity index (χ0) is 16.8. The Labute approximate surface area is 138 Å². The van der Waals surface area contributed by atoms with E-state index in [2.05, 4.69) is 5.32 Å². The van der Waals surface area contributed by atoms with Crippen molar-refractivity contribution in [2.45, 2.75) is 18.9 Å². The van der Waals surface area contributed by atoms with E-state index in [-0.39, 0.29) is 5.57 Å². The first-order chi connectivity index (χ1) is 11.6. The Bertz CT molecular complexity index is 913. The lowest BCUT2D eigenvalue weighted by atomic mass is 9.93. The lowest BCUT2D eigenvalue weighted by molar-refractivity contribution is -0.124. The van der Waals surface area contributed by atoms with Gasteiger partial charge in [-0.1, -0.05) is 36.4 Å². The molecule has 0 spiro atoms. The highest BCUT2D eigenvalue weighted by Crippen LogP contribution is 2.35. The molecule has 0 fully saturated rings. The third kappa shape index (κ3) is 2.13. The van der Waals surface area contributed by atoms with E-state index in [0.29, 0.717) is 11.1 Å². The van der Waals surface area contributed by atoms with Crippen LogP contribution in [0.5, 0.6) is 0 Å². The molecule has 4 rings (SSSR count). The summed E-state index contributed by atoms with van der Waals surface area (Å²) in [6.07, 6.45) is 0.799. The summed E-state index contributed by atoms with van der Waals surface area (Å²) in [5, 5.41) is 22.7. The SMILES string of the molecule is O=C1NC(=O)C(c2ccc3c(c2)C(O)c2ccccc2CC3)=C1O. The predicted molar refractivity (Wildman–Crippen MR) is 87.1 cm³/mol. The third-order valence-electron chi connectivity index (χ3n) is 4.65. The van der Waals surface area contributed by atoms with E-state index in [4.69, 9.17) is 0 Å². The van der Waals surface area contributed by atoms with Crippen molar-refractivity contribution in [3.63, 3.8) is 0 Å². The summed E-state index contributed by atoms with van der Waals surface area (Å²) < 4.78 is 0. The molecule has 3 N–H and O–H groups in total. The summed E-state index contributed by atoms with van der Waals surface area (Å²) in [5.74, 6) is -2.00. The monoisotopic (exact) mass is 321 g/mol. The highest BCUT2D eigenvalue weighted by atomic mass is 16.3. The fraction of sp³-hybridized carbons (Fsp3) is 0.158. The minimum absolute atomic E-state index is 0.0486. The van der Waals surface area contributed by atoms with E-state index in [1.54, 1.807) is 12.1 Å². The van der Waals surface area contributed by atoms with Gasteiger partial charge in [0.15, 0.2) is 5.76 Å². The molecular formula is C19H15NO4. The zero-order valence-corrected chi connectivity index (χ0v) is 12.7. The summed E-state index contributed by atoms with van der Waals surface area (Å²) >= 11 is 0. The van der Waals surface area contributed by atoms with Crippen molar-refractivity contribution in [1.82, 2.24) is 5.32 Å². The van der Waals surface area contributed by atoms with Crippen molar-refractivity contribution in [2.75, 3.05) is 0 Å². The summed E-state index contributed by atoms with van der Waals surface area (Å²) in [5.41, 5.74) is 4.01. The Morgan fingerprint density at radius 1 is 0.917 bits per heavy atom. The van der Waals surface area contributed by atoms with E-state index >= 15 is 0 Å². The number of rotatable bonds is 1. The molecule has 0 saturated carbocycles. The second-order valence-electron chi connectivity index (χ2n) is 6.02. The molecule has 0 aromatic heterocycles. The van der Waals surface area contributed by atoms with Crippen LogP contribution < -0.4 is 5.32 Å². The standard InChI is InChI=1S/C19H15NO4/c21-16-13-4-2-1-3-10(13)5-6-11-7-8-12(9-14(11)16)15-17(22)19(24)20-18(15)23/h1-4,7-9,16,21H,5-6H2,(H2,20,22,23,24). The molecule has 1 aliphatic carbocycles. The quantitative estimate of drug-likeness (QED) is 0.699. The van der Waals surface area contributed by atoms with Crippen molar-refractivity contribution in [3.8, 4) is 0 Å². The number of fused-ring (bicyclic) bond motifs is 2. The highest BCUT2D eigenvalue weighted by Gasteiger charge is 2.32. The molecule has 2 amide bonds. The number of carbonyl (C=O) groups is 2. The maximum absolute atomic E-state index is 11.9. The summed E-state index contributed by atoms with van der Waals surface area (Å²) in [6.45, 7) is 0. The number of imide groups is 1. The molecule has 0 saturated heterocycles. The largest absolute Gasteiger partial charge is 0.502 e. The second kappa shape index (κ2) is 5.32. The number of aliphatic hydroxyl groups is 2. The molecule has 5 heteroatoms. The Morgan fingerprint density at radius 2 is 1.62 bits per heavy atom.